The van der Waals surface area contributed by atoms with E-state index in [1.54, 1.807) is 11.3 Å². The van der Waals surface area contributed by atoms with Crippen molar-refractivity contribution in [2.24, 2.45) is 5.92 Å². The molecule has 0 radical (unpaired) electrons. The Morgan fingerprint density at radius 3 is 2.40 bits per heavy atom. The number of hydrogen-bond acceptors (Lipinski definition) is 5. The van der Waals surface area contributed by atoms with Crippen LogP contribution in [0.15, 0.2) is 28.1 Å². The number of likely N-dealkylation sites (tertiary alicyclic amines) is 1. The van der Waals surface area contributed by atoms with Gasteiger partial charge in [-0.15, -0.1) is 21.5 Å². The average Bonchev–Trinajstić information content (AvgIpc) is 3.33. The van der Waals surface area contributed by atoms with Crippen LogP contribution in [0.2, 0.25) is 0 Å². The van der Waals surface area contributed by atoms with E-state index in [1.165, 1.54) is 0 Å². The Balaban J connectivity index is 1.36. The summed E-state index contributed by atoms with van der Waals surface area (Å²) in [4.78, 5) is 17.9. The Morgan fingerprint density at radius 2 is 1.80 bits per heavy atom. The third-order valence-electron chi connectivity index (χ3n) is 5.06. The SMILES string of the molecule is O=C(C1CCN(c2ccc(-c3ccc(Br)s3)nn2)CC1)N1CCCC1. The maximum atomic E-state index is 12.5. The van der Waals surface area contributed by atoms with Gasteiger partial charge in [-0.1, -0.05) is 0 Å². The van der Waals surface area contributed by atoms with Gasteiger partial charge in [0.1, 0.15) is 5.69 Å². The monoisotopic (exact) mass is 420 g/mol. The van der Waals surface area contributed by atoms with Gasteiger partial charge in [0.15, 0.2) is 5.82 Å². The van der Waals surface area contributed by atoms with E-state index in [4.69, 9.17) is 0 Å². The van der Waals surface area contributed by atoms with Crippen LogP contribution in [0.3, 0.4) is 0 Å². The molecule has 0 N–H and O–H groups in total. The number of anilines is 1. The van der Waals surface area contributed by atoms with Crippen molar-refractivity contribution >= 4 is 39.0 Å². The van der Waals surface area contributed by atoms with Gasteiger partial charge >= 0.3 is 0 Å². The largest absolute Gasteiger partial charge is 0.355 e. The van der Waals surface area contributed by atoms with E-state index in [0.29, 0.717) is 5.91 Å². The number of nitrogens with zero attached hydrogens (tertiary/aromatic N) is 4. The number of halogens is 1. The molecule has 0 atom stereocenters. The summed E-state index contributed by atoms with van der Waals surface area (Å²) in [5.41, 5.74) is 0.901. The molecule has 0 bridgehead atoms. The number of piperidine rings is 1. The molecule has 4 rings (SSSR count). The van der Waals surface area contributed by atoms with Gasteiger partial charge in [0.2, 0.25) is 5.91 Å². The number of aromatic nitrogens is 2. The van der Waals surface area contributed by atoms with Crippen molar-refractivity contribution in [2.45, 2.75) is 25.7 Å². The highest BCUT2D eigenvalue weighted by Gasteiger charge is 2.30. The lowest BCUT2D eigenvalue weighted by atomic mass is 9.95. The van der Waals surface area contributed by atoms with Crippen molar-refractivity contribution in [3.05, 3.63) is 28.1 Å². The summed E-state index contributed by atoms with van der Waals surface area (Å²) >= 11 is 5.14. The third-order valence-corrected chi connectivity index (χ3v) is 6.71. The molecule has 1 amide bonds. The van der Waals surface area contributed by atoms with E-state index in [1.807, 2.05) is 29.2 Å². The van der Waals surface area contributed by atoms with Crippen LogP contribution >= 0.6 is 27.3 Å². The molecule has 2 saturated heterocycles. The van der Waals surface area contributed by atoms with Crippen LogP contribution in [0.25, 0.3) is 10.6 Å². The quantitative estimate of drug-likeness (QED) is 0.757. The van der Waals surface area contributed by atoms with E-state index >= 15 is 0 Å². The van der Waals surface area contributed by atoms with Crippen molar-refractivity contribution in [1.29, 1.82) is 0 Å². The topological polar surface area (TPSA) is 49.3 Å². The molecule has 2 aromatic rings. The predicted molar refractivity (Wildman–Crippen MR) is 104 cm³/mol. The van der Waals surface area contributed by atoms with Gasteiger partial charge in [-0.25, -0.2) is 0 Å². The highest BCUT2D eigenvalue weighted by molar-refractivity contribution is 9.11. The lowest BCUT2D eigenvalue weighted by Gasteiger charge is -2.33. The molecule has 2 fully saturated rings. The first-order valence-corrected chi connectivity index (χ1v) is 10.4. The van der Waals surface area contributed by atoms with E-state index in [2.05, 4.69) is 31.0 Å². The Bertz CT molecular complexity index is 734. The molecule has 25 heavy (non-hydrogen) atoms. The second-order valence-electron chi connectivity index (χ2n) is 6.67. The number of amides is 1. The Labute approximate surface area is 160 Å². The normalized spacial score (nSPS) is 18.8. The summed E-state index contributed by atoms with van der Waals surface area (Å²) in [6, 6.07) is 8.15. The number of rotatable bonds is 3. The molecule has 0 aromatic carbocycles. The molecule has 0 spiro atoms. The maximum Gasteiger partial charge on any atom is 0.225 e. The molecular formula is C18H21BrN4OS. The lowest BCUT2D eigenvalue weighted by molar-refractivity contribution is -0.135. The average molecular weight is 421 g/mol. The van der Waals surface area contributed by atoms with E-state index in [0.717, 1.165) is 72.0 Å². The fraction of sp³-hybridized carbons (Fsp3) is 0.500. The molecule has 2 aromatic heterocycles. The number of thiophene rings is 1. The van der Waals surface area contributed by atoms with Gasteiger partial charge in [-0.2, -0.15) is 0 Å². The lowest BCUT2D eigenvalue weighted by Crippen LogP contribution is -2.42. The molecule has 2 aliphatic heterocycles. The van der Waals surface area contributed by atoms with Gasteiger partial charge in [0.05, 0.1) is 8.66 Å². The highest BCUT2D eigenvalue weighted by Crippen LogP contribution is 2.31. The van der Waals surface area contributed by atoms with Crippen LogP contribution in [0.4, 0.5) is 5.82 Å². The predicted octanol–water partition coefficient (Wildman–Crippen LogP) is 3.81. The molecular weight excluding hydrogens is 400 g/mol. The summed E-state index contributed by atoms with van der Waals surface area (Å²) in [6.45, 7) is 3.65. The van der Waals surface area contributed by atoms with Gasteiger partial charge < -0.3 is 9.80 Å². The molecule has 4 heterocycles. The summed E-state index contributed by atoms with van der Waals surface area (Å²) in [7, 11) is 0. The third kappa shape index (κ3) is 3.72. The van der Waals surface area contributed by atoms with Crippen molar-refractivity contribution in [1.82, 2.24) is 15.1 Å². The Kier molecular flexibility index (Phi) is 5.03. The molecule has 5 nitrogen and oxygen atoms in total. The van der Waals surface area contributed by atoms with Crippen molar-refractivity contribution in [2.75, 3.05) is 31.1 Å². The van der Waals surface area contributed by atoms with Crippen LogP contribution in [0.1, 0.15) is 25.7 Å². The van der Waals surface area contributed by atoms with E-state index in [9.17, 15) is 4.79 Å². The van der Waals surface area contributed by atoms with Crippen LogP contribution in [-0.4, -0.2) is 47.2 Å². The van der Waals surface area contributed by atoms with Crippen LogP contribution < -0.4 is 4.90 Å². The number of hydrogen-bond donors (Lipinski definition) is 0. The van der Waals surface area contributed by atoms with Crippen molar-refractivity contribution in [3.63, 3.8) is 0 Å². The van der Waals surface area contributed by atoms with Crippen molar-refractivity contribution in [3.8, 4) is 10.6 Å². The van der Waals surface area contributed by atoms with Gasteiger partial charge in [-0.3, -0.25) is 4.79 Å². The summed E-state index contributed by atoms with van der Waals surface area (Å²) in [5, 5.41) is 8.78. The minimum Gasteiger partial charge on any atom is -0.355 e. The minimum absolute atomic E-state index is 0.185. The molecule has 0 unspecified atom stereocenters. The van der Waals surface area contributed by atoms with Crippen LogP contribution in [-0.2, 0) is 4.79 Å². The Hall–Kier alpha value is -1.47. The smallest absolute Gasteiger partial charge is 0.225 e. The zero-order valence-corrected chi connectivity index (χ0v) is 16.4. The number of carbonyl (C=O) groups excluding carboxylic acids is 1. The summed E-state index contributed by atoms with van der Waals surface area (Å²) in [6.07, 6.45) is 4.15. The number of carbonyl (C=O) groups is 1. The highest BCUT2D eigenvalue weighted by atomic mass is 79.9. The minimum atomic E-state index is 0.185. The van der Waals surface area contributed by atoms with Crippen molar-refractivity contribution < 1.29 is 4.79 Å². The summed E-state index contributed by atoms with van der Waals surface area (Å²) in [5.74, 6) is 1.46. The van der Waals surface area contributed by atoms with Gasteiger partial charge in [-0.05, 0) is 65.9 Å². The first-order valence-electron chi connectivity index (χ1n) is 8.84. The second kappa shape index (κ2) is 7.41. The van der Waals surface area contributed by atoms with E-state index in [-0.39, 0.29) is 5.92 Å². The maximum absolute atomic E-state index is 12.5. The molecule has 132 valence electrons. The standard InChI is InChI=1S/C18H21BrN4OS/c19-16-5-4-15(25-16)14-3-6-17(21-20-14)22-11-7-13(8-12-22)18(24)23-9-1-2-10-23/h3-6,13H,1-2,7-12H2. The fourth-order valence-electron chi connectivity index (χ4n) is 3.63. The second-order valence-corrected chi connectivity index (χ2v) is 9.14. The zero-order valence-electron chi connectivity index (χ0n) is 14.0. The molecule has 2 aliphatic rings. The first kappa shape index (κ1) is 17.0. The fourth-order valence-corrected chi connectivity index (χ4v) is 4.98. The van der Waals surface area contributed by atoms with Gasteiger partial charge in [0.25, 0.3) is 0 Å². The molecule has 0 saturated carbocycles. The van der Waals surface area contributed by atoms with Crippen LogP contribution in [0.5, 0.6) is 0 Å². The zero-order chi connectivity index (χ0) is 17.2. The van der Waals surface area contributed by atoms with Gasteiger partial charge in [0, 0.05) is 32.1 Å². The Morgan fingerprint density at radius 1 is 1.04 bits per heavy atom. The summed E-state index contributed by atoms with van der Waals surface area (Å²) < 4.78 is 1.10. The first-order chi connectivity index (χ1) is 12.2. The van der Waals surface area contributed by atoms with Crippen LogP contribution in [0, 0.1) is 5.92 Å². The molecule has 7 heteroatoms. The van der Waals surface area contributed by atoms with E-state index < -0.39 is 0 Å². The molecule has 0 aliphatic carbocycles.